The molecular formula is C15H19ClN2O2. The number of amides is 1. The van der Waals surface area contributed by atoms with Gasteiger partial charge >= 0.3 is 0 Å². The molecule has 4 nitrogen and oxygen atoms in total. The van der Waals surface area contributed by atoms with Gasteiger partial charge in [0.1, 0.15) is 0 Å². The van der Waals surface area contributed by atoms with Crippen LogP contribution in [0.4, 0.5) is 0 Å². The molecule has 20 heavy (non-hydrogen) atoms. The van der Waals surface area contributed by atoms with E-state index in [2.05, 4.69) is 5.10 Å². The van der Waals surface area contributed by atoms with E-state index >= 15 is 0 Å². The fourth-order valence-corrected chi connectivity index (χ4v) is 2.36. The highest BCUT2D eigenvalue weighted by Gasteiger charge is 2.51. The van der Waals surface area contributed by atoms with Crippen molar-refractivity contribution in [1.29, 1.82) is 0 Å². The summed E-state index contributed by atoms with van der Waals surface area (Å²) in [7, 11) is 0. The highest BCUT2D eigenvalue weighted by Crippen LogP contribution is 2.41. The Morgan fingerprint density at radius 1 is 1.35 bits per heavy atom. The van der Waals surface area contributed by atoms with E-state index in [0.717, 1.165) is 5.71 Å². The summed E-state index contributed by atoms with van der Waals surface area (Å²) in [5.74, 6) is -0.323. The SMILES string of the molecule is CC1=NN(C(=O)c2ccc(Cl)cc2)[C@](O)(C(C)(C)C)C1. The Labute approximate surface area is 124 Å². The first-order valence-corrected chi connectivity index (χ1v) is 6.89. The highest BCUT2D eigenvalue weighted by molar-refractivity contribution is 6.30. The number of carbonyl (C=O) groups is 1. The van der Waals surface area contributed by atoms with Crippen molar-refractivity contribution in [2.24, 2.45) is 10.5 Å². The Morgan fingerprint density at radius 2 is 1.90 bits per heavy atom. The van der Waals surface area contributed by atoms with Gasteiger partial charge in [-0.25, -0.2) is 0 Å². The van der Waals surface area contributed by atoms with Crippen LogP contribution in [0.2, 0.25) is 5.02 Å². The summed E-state index contributed by atoms with van der Waals surface area (Å²) in [4.78, 5) is 12.6. The van der Waals surface area contributed by atoms with Crippen molar-refractivity contribution < 1.29 is 9.90 Å². The molecule has 1 aromatic carbocycles. The largest absolute Gasteiger partial charge is 0.368 e. The number of hydrazone groups is 1. The lowest BCUT2D eigenvalue weighted by atomic mass is 9.80. The van der Waals surface area contributed by atoms with Crippen LogP contribution in [0.5, 0.6) is 0 Å². The fourth-order valence-electron chi connectivity index (χ4n) is 2.23. The first-order valence-electron chi connectivity index (χ1n) is 6.52. The zero-order chi connectivity index (χ0) is 15.1. The van der Waals surface area contributed by atoms with Gasteiger partial charge in [0, 0.05) is 28.1 Å². The van der Waals surface area contributed by atoms with Crippen LogP contribution in [0.25, 0.3) is 0 Å². The maximum Gasteiger partial charge on any atom is 0.276 e. The van der Waals surface area contributed by atoms with E-state index in [1.807, 2.05) is 27.7 Å². The summed E-state index contributed by atoms with van der Waals surface area (Å²) >= 11 is 5.83. The normalized spacial score (nSPS) is 22.9. The summed E-state index contributed by atoms with van der Waals surface area (Å²) in [6, 6.07) is 6.57. The summed E-state index contributed by atoms with van der Waals surface area (Å²) in [5.41, 5.74) is -0.621. The number of nitrogens with zero attached hydrogens (tertiary/aromatic N) is 2. The Bertz CT molecular complexity index is 560. The zero-order valence-electron chi connectivity index (χ0n) is 12.1. The van der Waals surface area contributed by atoms with Crippen molar-refractivity contribution >= 4 is 23.2 Å². The highest BCUT2D eigenvalue weighted by atomic mass is 35.5. The third-order valence-corrected chi connectivity index (χ3v) is 3.86. The minimum Gasteiger partial charge on any atom is -0.368 e. The smallest absolute Gasteiger partial charge is 0.276 e. The summed E-state index contributed by atoms with van der Waals surface area (Å²) in [6.45, 7) is 7.49. The molecule has 0 radical (unpaired) electrons. The van der Waals surface area contributed by atoms with E-state index in [1.165, 1.54) is 5.01 Å². The van der Waals surface area contributed by atoms with Gasteiger partial charge in [0.2, 0.25) is 0 Å². The van der Waals surface area contributed by atoms with Crippen LogP contribution in [0.3, 0.4) is 0 Å². The molecule has 1 N–H and O–H groups in total. The summed E-state index contributed by atoms with van der Waals surface area (Å²) < 4.78 is 0. The van der Waals surface area contributed by atoms with E-state index in [-0.39, 0.29) is 5.91 Å². The topological polar surface area (TPSA) is 52.9 Å². The van der Waals surface area contributed by atoms with E-state index in [4.69, 9.17) is 11.6 Å². The summed E-state index contributed by atoms with van der Waals surface area (Å²) in [6.07, 6.45) is 0.357. The van der Waals surface area contributed by atoms with E-state index in [1.54, 1.807) is 24.3 Å². The number of carbonyl (C=O) groups excluding carboxylic acids is 1. The average Bonchev–Trinajstić information content (AvgIpc) is 2.65. The molecule has 0 unspecified atom stereocenters. The van der Waals surface area contributed by atoms with Crippen molar-refractivity contribution in [3.05, 3.63) is 34.9 Å². The Hall–Kier alpha value is -1.39. The van der Waals surface area contributed by atoms with Crippen LogP contribution in [0.15, 0.2) is 29.4 Å². The molecule has 1 amide bonds. The molecule has 0 saturated carbocycles. The molecule has 0 aliphatic carbocycles. The maximum absolute atomic E-state index is 12.6. The lowest BCUT2D eigenvalue weighted by molar-refractivity contribution is -0.143. The molecule has 0 fully saturated rings. The predicted octanol–water partition coefficient (Wildman–Crippen LogP) is 3.30. The number of benzene rings is 1. The van der Waals surface area contributed by atoms with Crippen LogP contribution < -0.4 is 0 Å². The first-order chi connectivity index (χ1) is 9.15. The molecule has 1 atom stereocenters. The van der Waals surface area contributed by atoms with Crippen molar-refractivity contribution in [2.45, 2.75) is 39.8 Å². The molecular weight excluding hydrogens is 276 g/mol. The van der Waals surface area contributed by atoms with E-state index in [0.29, 0.717) is 17.0 Å². The van der Waals surface area contributed by atoms with Gasteiger partial charge in [0.25, 0.3) is 5.91 Å². The van der Waals surface area contributed by atoms with Gasteiger partial charge in [-0.15, -0.1) is 0 Å². The second kappa shape index (κ2) is 4.86. The predicted molar refractivity (Wildman–Crippen MR) is 79.8 cm³/mol. The van der Waals surface area contributed by atoms with Crippen molar-refractivity contribution in [3.63, 3.8) is 0 Å². The minimum absolute atomic E-state index is 0.323. The van der Waals surface area contributed by atoms with Gasteiger partial charge in [0.05, 0.1) is 0 Å². The number of halogens is 1. The molecule has 0 saturated heterocycles. The fraction of sp³-hybridized carbons (Fsp3) is 0.467. The molecule has 1 aromatic rings. The molecule has 0 aromatic heterocycles. The van der Waals surface area contributed by atoms with Gasteiger partial charge in [-0.1, -0.05) is 32.4 Å². The standard InChI is InChI=1S/C15H19ClN2O2/c1-10-9-15(20,14(2,3)4)18(17-10)13(19)11-5-7-12(16)8-6-11/h5-8,20H,9H2,1-4H3/t15-/m1/s1. The second-order valence-corrected chi connectivity index (χ2v) is 6.64. The first kappa shape index (κ1) is 15.0. The van der Waals surface area contributed by atoms with Gasteiger partial charge in [-0.05, 0) is 31.2 Å². The molecule has 5 heteroatoms. The van der Waals surface area contributed by atoms with Crippen LogP contribution in [-0.2, 0) is 0 Å². The van der Waals surface area contributed by atoms with Gasteiger partial charge < -0.3 is 5.11 Å². The van der Waals surface area contributed by atoms with Crippen LogP contribution in [-0.4, -0.2) is 27.5 Å². The Kier molecular flexibility index (Phi) is 3.65. The number of hydrogen-bond acceptors (Lipinski definition) is 3. The zero-order valence-corrected chi connectivity index (χ0v) is 12.9. The van der Waals surface area contributed by atoms with Gasteiger partial charge in [-0.3, -0.25) is 4.79 Å². The average molecular weight is 295 g/mol. The molecule has 1 aliphatic rings. The van der Waals surface area contributed by atoms with Crippen molar-refractivity contribution in [1.82, 2.24) is 5.01 Å². The molecule has 108 valence electrons. The Balaban J connectivity index is 2.39. The molecule has 0 bridgehead atoms. The van der Waals surface area contributed by atoms with Gasteiger partial charge in [0.15, 0.2) is 5.72 Å². The number of rotatable bonds is 1. The van der Waals surface area contributed by atoms with E-state index in [9.17, 15) is 9.90 Å². The molecule has 2 rings (SSSR count). The third-order valence-electron chi connectivity index (χ3n) is 3.61. The lowest BCUT2D eigenvalue weighted by Crippen LogP contribution is -2.54. The minimum atomic E-state index is -1.31. The quantitative estimate of drug-likeness (QED) is 0.864. The molecule has 1 aliphatic heterocycles. The summed E-state index contributed by atoms with van der Waals surface area (Å²) in [5, 5.41) is 16.9. The van der Waals surface area contributed by atoms with Crippen LogP contribution in [0.1, 0.15) is 44.5 Å². The van der Waals surface area contributed by atoms with Crippen LogP contribution in [0, 0.1) is 5.41 Å². The maximum atomic E-state index is 12.6. The number of hydrogen-bond donors (Lipinski definition) is 1. The van der Waals surface area contributed by atoms with E-state index < -0.39 is 11.1 Å². The monoisotopic (exact) mass is 294 g/mol. The molecule has 0 spiro atoms. The molecule has 1 heterocycles. The van der Waals surface area contributed by atoms with Crippen LogP contribution >= 0.6 is 11.6 Å². The third kappa shape index (κ3) is 2.45. The Morgan fingerprint density at radius 3 is 2.40 bits per heavy atom. The van der Waals surface area contributed by atoms with Gasteiger partial charge in [-0.2, -0.15) is 10.1 Å². The number of aliphatic hydroxyl groups is 1. The van der Waals surface area contributed by atoms with Crippen molar-refractivity contribution in [2.75, 3.05) is 0 Å². The van der Waals surface area contributed by atoms with Crippen molar-refractivity contribution in [3.8, 4) is 0 Å². The second-order valence-electron chi connectivity index (χ2n) is 6.20. The lowest BCUT2D eigenvalue weighted by Gasteiger charge is -2.41.